The van der Waals surface area contributed by atoms with Crippen molar-refractivity contribution in [3.8, 4) is 0 Å². The summed E-state index contributed by atoms with van der Waals surface area (Å²) in [5.74, 6) is 0.991. The van der Waals surface area contributed by atoms with Gasteiger partial charge in [0.1, 0.15) is 5.76 Å². The van der Waals surface area contributed by atoms with Crippen molar-refractivity contribution in [2.75, 3.05) is 0 Å². The quantitative estimate of drug-likeness (QED) is 0.612. The first-order valence-electron chi connectivity index (χ1n) is 4.82. The zero-order chi connectivity index (χ0) is 9.85. The van der Waals surface area contributed by atoms with Crippen molar-refractivity contribution in [2.24, 2.45) is 0 Å². The lowest BCUT2D eigenvalue weighted by molar-refractivity contribution is 0.329. The van der Waals surface area contributed by atoms with E-state index in [0.717, 1.165) is 17.9 Å². The summed E-state index contributed by atoms with van der Waals surface area (Å²) < 4.78 is 5.26. The molecule has 1 aliphatic carbocycles. The Kier molecular flexibility index (Phi) is 1.47. The number of aromatic nitrogens is 1. The number of rotatable bonds is 0. The summed E-state index contributed by atoms with van der Waals surface area (Å²) in [4.78, 5) is 0. The lowest BCUT2D eigenvalue weighted by atomic mass is 9.82. The molecule has 2 rings (SSSR count). The van der Waals surface area contributed by atoms with Gasteiger partial charge in [0.2, 0.25) is 0 Å². The van der Waals surface area contributed by atoms with Gasteiger partial charge < -0.3 is 4.52 Å². The molecule has 0 atom stereocenters. The summed E-state index contributed by atoms with van der Waals surface area (Å²) in [5, 5.41) is 4.17. The fourth-order valence-electron chi connectivity index (χ4n) is 2.91. The van der Waals surface area contributed by atoms with E-state index >= 15 is 0 Å². The van der Waals surface area contributed by atoms with Crippen LogP contribution in [0.5, 0.6) is 0 Å². The second-order valence-electron chi connectivity index (χ2n) is 5.41. The summed E-state index contributed by atoms with van der Waals surface area (Å²) >= 11 is 0. The third kappa shape index (κ3) is 1.04. The van der Waals surface area contributed by atoms with Gasteiger partial charge in [-0.25, -0.2) is 0 Å². The predicted octanol–water partition coefficient (Wildman–Crippen LogP) is 2.94. The molecule has 0 saturated heterocycles. The maximum absolute atomic E-state index is 5.26. The Morgan fingerprint density at radius 1 is 1.15 bits per heavy atom. The van der Waals surface area contributed by atoms with E-state index in [1.807, 2.05) is 6.92 Å². The van der Waals surface area contributed by atoms with Crippen LogP contribution in [0.1, 0.15) is 51.1 Å². The van der Waals surface area contributed by atoms with Crippen molar-refractivity contribution < 1.29 is 4.52 Å². The number of fused-ring (bicyclic) bond motifs is 1. The van der Waals surface area contributed by atoms with Crippen LogP contribution in [-0.2, 0) is 10.8 Å². The van der Waals surface area contributed by atoms with Gasteiger partial charge in [0.25, 0.3) is 0 Å². The van der Waals surface area contributed by atoms with Crippen molar-refractivity contribution in [3.05, 3.63) is 17.0 Å². The molecule has 2 nitrogen and oxygen atoms in total. The standard InChI is InChI=1S/C11H17NO/c1-7-8-9(12-13-7)11(4,5)6-10(8,2)3/h6H2,1-5H3. The average molecular weight is 179 g/mol. The topological polar surface area (TPSA) is 26.0 Å². The van der Waals surface area contributed by atoms with Crippen molar-refractivity contribution in [1.82, 2.24) is 5.16 Å². The van der Waals surface area contributed by atoms with Gasteiger partial charge in [-0.1, -0.05) is 32.9 Å². The fraction of sp³-hybridized carbons (Fsp3) is 0.727. The molecule has 0 aromatic carbocycles. The normalized spacial score (nSPS) is 23.2. The van der Waals surface area contributed by atoms with Gasteiger partial charge in [-0.2, -0.15) is 0 Å². The number of hydrogen-bond acceptors (Lipinski definition) is 2. The molecule has 0 saturated carbocycles. The van der Waals surface area contributed by atoms with Crippen LogP contribution in [0.3, 0.4) is 0 Å². The number of hydrogen-bond donors (Lipinski definition) is 0. The largest absolute Gasteiger partial charge is 0.361 e. The van der Waals surface area contributed by atoms with E-state index in [4.69, 9.17) is 4.52 Å². The number of nitrogens with zero attached hydrogens (tertiary/aromatic N) is 1. The Labute approximate surface area is 79.3 Å². The Morgan fingerprint density at radius 2 is 1.77 bits per heavy atom. The predicted molar refractivity (Wildman–Crippen MR) is 51.9 cm³/mol. The van der Waals surface area contributed by atoms with Gasteiger partial charge in [-0.3, -0.25) is 0 Å². The summed E-state index contributed by atoms with van der Waals surface area (Å²) in [7, 11) is 0. The molecule has 2 heteroatoms. The van der Waals surface area contributed by atoms with Crippen molar-refractivity contribution in [2.45, 2.75) is 51.9 Å². The van der Waals surface area contributed by atoms with E-state index in [1.54, 1.807) is 0 Å². The first-order valence-corrected chi connectivity index (χ1v) is 4.82. The Balaban J connectivity index is 2.67. The van der Waals surface area contributed by atoms with E-state index in [9.17, 15) is 0 Å². The van der Waals surface area contributed by atoms with Gasteiger partial charge in [0.15, 0.2) is 0 Å². The van der Waals surface area contributed by atoms with Crippen LogP contribution in [0.25, 0.3) is 0 Å². The lowest BCUT2D eigenvalue weighted by Crippen LogP contribution is -2.19. The van der Waals surface area contributed by atoms with Gasteiger partial charge in [0.05, 0.1) is 5.69 Å². The first-order chi connectivity index (χ1) is 5.84. The van der Waals surface area contributed by atoms with Crippen LogP contribution in [-0.4, -0.2) is 5.16 Å². The van der Waals surface area contributed by atoms with Crippen LogP contribution in [0.4, 0.5) is 0 Å². The van der Waals surface area contributed by atoms with Crippen molar-refractivity contribution in [1.29, 1.82) is 0 Å². The Bertz CT molecular complexity index is 347. The minimum absolute atomic E-state index is 0.177. The molecule has 1 aromatic heterocycles. The van der Waals surface area contributed by atoms with E-state index in [2.05, 4.69) is 32.9 Å². The molecule has 13 heavy (non-hydrogen) atoms. The van der Waals surface area contributed by atoms with E-state index in [-0.39, 0.29) is 10.8 Å². The van der Waals surface area contributed by atoms with Gasteiger partial charge >= 0.3 is 0 Å². The highest BCUT2D eigenvalue weighted by atomic mass is 16.5. The molecule has 72 valence electrons. The third-order valence-corrected chi connectivity index (χ3v) is 3.06. The molecule has 0 unspecified atom stereocenters. The first kappa shape index (κ1) is 8.79. The van der Waals surface area contributed by atoms with E-state index in [1.165, 1.54) is 5.56 Å². The zero-order valence-corrected chi connectivity index (χ0v) is 9.06. The SMILES string of the molecule is Cc1onc2c1C(C)(C)CC2(C)C. The summed E-state index contributed by atoms with van der Waals surface area (Å²) in [6.07, 6.45) is 1.16. The molecule has 0 N–H and O–H groups in total. The Morgan fingerprint density at radius 3 is 2.31 bits per heavy atom. The molecule has 1 aromatic rings. The highest BCUT2D eigenvalue weighted by molar-refractivity contribution is 5.41. The second-order valence-corrected chi connectivity index (χ2v) is 5.41. The molecule has 0 fully saturated rings. The summed E-state index contributed by atoms with van der Waals surface area (Å²) in [6.45, 7) is 11.0. The third-order valence-electron chi connectivity index (χ3n) is 3.06. The van der Waals surface area contributed by atoms with E-state index in [0.29, 0.717) is 0 Å². The minimum Gasteiger partial charge on any atom is -0.361 e. The average Bonchev–Trinajstić information content (AvgIpc) is 2.35. The molecule has 0 radical (unpaired) electrons. The van der Waals surface area contributed by atoms with Crippen LogP contribution in [0.15, 0.2) is 4.52 Å². The molecule has 0 aliphatic heterocycles. The lowest BCUT2D eigenvalue weighted by Gasteiger charge is -2.22. The fourth-order valence-corrected chi connectivity index (χ4v) is 2.91. The van der Waals surface area contributed by atoms with Crippen LogP contribution < -0.4 is 0 Å². The highest BCUT2D eigenvalue weighted by Gasteiger charge is 2.46. The van der Waals surface area contributed by atoms with Gasteiger partial charge in [-0.15, -0.1) is 0 Å². The molecular formula is C11H17NO. The summed E-state index contributed by atoms with van der Waals surface area (Å²) in [5.41, 5.74) is 2.90. The highest BCUT2D eigenvalue weighted by Crippen LogP contribution is 2.49. The van der Waals surface area contributed by atoms with E-state index < -0.39 is 0 Å². The molecule has 0 spiro atoms. The zero-order valence-electron chi connectivity index (χ0n) is 9.06. The number of aryl methyl sites for hydroxylation is 1. The van der Waals surface area contributed by atoms with Gasteiger partial charge in [-0.05, 0) is 18.8 Å². The molecule has 1 heterocycles. The Hall–Kier alpha value is -0.790. The minimum atomic E-state index is 0.177. The molecular weight excluding hydrogens is 162 g/mol. The van der Waals surface area contributed by atoms with Crippen LogP contribution >= 0.6 is 0 Å². The van der Waals surface area contributed by atoms with Crippen LogP contribution in [0, 0.1) is 6.92 Å². The maximum atomic E-state index is 5.26. The van der Waals surface area contributed by atoms with Gasteiger partial charge in [0, 0.05) is 11.0 Å². The summed E-state index contributed by atoms with van der Waals surface area (Å²) in [6, 6.07) is 0. The smallest absolute Gasteiger partial charge is 0.137 e. The maximum Gasteiger partial charge on any atom is 0.137 e. The second kappa shape index (κ2) is 2.17. The monoisotopic (exact) mass is 179 g/mol. The van der Waals surface area contributed by atoms with Crippen LogP contribution in [0.2, 0.25) is 0 Å². The molecule has 0 amide bonds. The molecule has 0 bridgehead atoms. The van der Waals surface area contributed by atoms with Crippen molar-refractivity contribution >= 4 is 0 Å². The molecule has 1 aliphatic rings. The van der Waals surface area contributed by atoms with Crippen molar-refractivity contribution in [3.63, 3.8) is 0 Å².